The molecule has 2 aromatic rings. The summed E-state index contributed by atoms with van der Waals surface area (Å²) in [6.07, 6.45) is 1.57. The number of amides is 1. The Labute approximate surface area is 155 Å². The van der Waals surface area contributed by atoms with E-state index >= 15 is 0 Å². The van der Waals surface area contributed by atoms with E-state index < -0.39 is 0 Å². The molecule has 26 heavy (non-hydrogen) atoms. The first kappa shape index (κ1) is 19.7. The first-order valence-corrected chi connectivity index (χ1v) is 8.87. The molecule has 0 aromatic heterocycles. The van der Waals surface area contributed by atoms with Crippen LogP contribution >= 0.6 is 0 Å². The van der Waals surface area contributed by atoms with Gasteiger partial charge in [0.2, 0.25) is 5.91 Å². The Morgan fingerprint density at radius 1 is 1.04 bits per heavy atom. The van der Waals surface area contributed by atoms with Gasteiger partial charge in [0.15, 0.2) is 0 Å². The number of hydrogen-bond acceptors (Lipinski definition) is 3. The van der Waals surface area contributed by atoms with E-state index in [0.29, 0.717) is 16.7 Å². The van der Waals surface area contributed by atoms with Gasteiger partial charge in [-0.05, 0) is 56.5 Å². The molecule has 138 valence electrons. The number of aliphatic hydroxyl groups excluding tert-OH is 1. The Morgan fingerprint density at radius 3 is 2.19 bits per heavy atom. The van der Waals surface area contributed by atoms with E-state index in [1.54, 1.807) is 29.2 Å². The SMILES string of the molecule is CC(C)N(C(=O)C=C(c1ccccc1)c1cc(CO)ccc1O)C(C)C. The number of phenolic OH excluding ortho intramolecular Hbond substituents is 1. The molecule has 0 radical (unpaired) electrons. The van der Waals surface area contributed by atoms with Crippen molar-refractivity contribution in [2.45, 2.75) is 46.4 Å². The van der Waals surface area contributed by atoms with Gasteiger partial charge in [0.1, 0.15) is 5.75 Å². The second-order valence-electron chi connectivity index (χ2n) is 6.87. The average molecular weight is 353 g/mol. The summed E-state index contributed by atoms with van der Waals surface area (Å²) < 4.78 is 0. The molecular formula is C22H27NO3. The quantitative estimate of drug-likeness (QED) is 0.773. The van der Waals surface area contributed by atoms with E-state index in [1.165, 1.54) is 0 Å². The summed E-state index contributed by atoms with van der Waals surface area (Å²) >= 11 is 0. The van der Waals surface area contributed by atoms with E-state index in [-0.39, 0.29) is 30.3 Å². The van der Waals surface area contributed by atoms with Gasteiger partial charge in [0.25, 0.3) is 0 Å². The molecule has 0 aliphatic carbocycles. The summed E-state index contributed by atoms with van der Waals surface area (Å²) in [4.78, 5) is 14.8. The van der Waals surface area contributed by atoms with Crippen LogP contribution in [0.5, 0.6) is 5.75 Å². The highest BCUT2D eigenvalue weighted by Gasteiger charge is 2.20. The number of carbonyl (C=O) groups is 1. The van der Waals surface area contributed by atoms with Crippen LogP contribution in [0.4, 0.5) is 0 Å². The number of hydrogen-bond donors (Lipinski definition) is 2. The van der Waals surface area contributed by atoms with Crippen molar-refractivity contribution >= 4 is 11.5 Å². The third kappa shape index (κ3) is 4.52. The van der Waals surface area contributed by atoms with Crippen molar-refractivity contribution < 1.29 is 15.0 Å². The Bertz CT molecular complexity index is 771. The summed E-state index contributed by atoms with van der Waals surface area (Å²) in [6, 6.07) is 14.5. The molecule has 4 nitrogen and oxygen atoms in total. The van der Waals surface area contributed by atoms with Crippen LogP contribution in [0, 0.1) is 0 Å². The molecule has 0 fully saturated rings. The van der Waals surface area contributed by atoms with Crippen molar-refractivity contribution in [3.05, 3.63) is 71.3 Å². The molecule has 0 bridgehead atoms. The summed E-state index contributed by atoms with van der Waals surface area (Å²) in [5.74, 6) is -0.0339. The number of phenols is 1. The van der Waals surface area contributed by atoms with E-state index in [0.717, 1.165) is 5.56 Å². The molecule has 4 heteroatoms. The highest BCUT2D eigenvalue weighted by Crippen LogP contribution is 2.31. The fourth-order valence-electron chi connectivity index (χ4n) is 3.13. The fraction of sp³-hybridized carbons (Fsp3) is 0.318. The first-order chi connectivity index (χ1) is 12.3. The number of nitrogens with zero attached hydrogens (tertiary/aromatic N) is 1. The monoisotopic (exact) mass is 353 g/mol. The van der Waals surface area contributed by atoms with Crippen molar-refractivity contribution in [2.24, 2.45) is 0 Å². The van der Waals surface area contributed by atoms with Crippen LogP contribution in [0.3, 0.4) is 0 Å². The minimum absolute atomic E-state index is 0.0631. The van der Waals surface area contributed by atoms with Crippen LogP contribution < -0.4 is 0 Å². The maximum Gasteiger partial charge on any atom is 0.247 e. The predicted molar refractivity (Wildman–Crippen MR) is 105 cm³/mol. The van der Waals surface area contributed by atoms with Crippen molar-refractivity contribution in [3.8, 4) is 5.75 Å². The van der Waals surface area contributed by atoms with Crippen LogP contribution in [0.25, 0.3) is 5.57 Å². The van der Waals surface area contributed by atoms with Gasteiger partial charge in [-0.25, -0.2) is 0 Å². The molecule has 0 atom stereocenters. The molecule has 0 aliphatic rings. The molecule has 0 unspecified atom stereocenters. The highest BCUT2D eigenvalue weighted by atomic mass is 16.3. The highest BCUT2D eigenvalue weighted by molar-refractivity contribution is 6.00. The maximum absolute atomic E-state index is 13.0. The lowest BCUT2D eigenvalue weighted by atomic mass is 9.95. The lowest BCUT2D eigenvalue weighted by Crippen LogP contribution is -2.41. The third-order valence-corrected chi connectivity index (χ3v) is 4.25. The van der Waals surface area contributed by atoms with E-state index in [2.05, 4.69) is 0 Å². The smallest absolute Gasteiger partial charge is 0.247 e. The summed E-state index contributed by atoms with van der Waals surface area (Å²) in [7, 11) is 0. The van der Waals surface area contributed by atoms with Gasteiger partial charge in [-0.1, -0.05) is 36.4 Å². The van der Waals surface area contributed by atoms with Crippen LogP contribution in [0.15, 0.2) is 54.6 Å². The van der Waals surface area contributed by atoms with E-state index in [9.17, 15) is 15.0 Å². The van der Waals surface area contributed by atoms with E-state index in [4.69, 9.17) is 0 Å². The van der Waals surface area contributed by atoms with Crippen molar-refractivity contribution in [1.29, 1.82) is 0 Å². The van der Waals surface area contributed by atoms with Gasteiger partial charge < -0.3 is 15.1 Å². The normalized spacial score (nSPS) is 11.9. The largest absolute Gasteiger partial charge is 0.507 e. The summed E-state index contributed by atoms with van der Waals surface area (Å²) in [5.41, 5.74) is 2.67. The van der Waals surface area contributed by atoms with Crippen LogP contribution in [0.1, 0.15) is 44.4 Å². The number of rotatable bonds is 6. The maximum atomic E-state index is 13.0. The first-order valence-electron chi connectivity index (χ1n) is 8.87. The third-order valence-electron chi connectivity index (χ3n) is 4.25. The lowest BCUT2D eigenvalue weighted by Gasteiger charge is -2.30. The Balaban J connectivity index is 2.61. The predicted octanol–water partition coefficient (Wildman–Crippen LogP) is 3.96. The zero-order valence-corrected chi connectivity index (χ0v) is 15.8. The molecule has 2 N–H and O–H groups in total. The molecule has 2 rings (SSSR count). The molecule has 0 aliphatic heterocycles. The van der Waals surface area contributed by atoms with Gasteiger partial charge >= 0.3 is 0 Å². The van der Waals surface area contributed by atoms with Gasteiger partial charge in [0, 0.05) is 23.7 Å². The molecule has 0 saturated carbocycles. The van der Waals surface area contributed by atoms with Gasteiger partial charge in [-0.15, -0.1) is 0 Å². The molecule has 2 aromatic carbocycles. The van der Waals surface area contributed by atoms with Crippen molar-refractivity contribution in [2.75, 3.05) is 0 Å². The van der Waals surface area contributed by atoms with Gasteiger partial charge in [-0.2, -0.15) is 0 Å². The molecule has 1 amide bonds. The second kappa shape index (κ2) is 8.68. The molecule has 0 spiro atoms. The Hall–Kier alpha value is -2.59. The van der Waals surface area contributed by atoms with Crippen LogP contribution in [-0.2, 0) is 11.4 Å². The van der Waals surface area contributed by atoms with E-state index in [1.807, 2.05) is 58.0 Å². The summed E-state index contributed by atoms with van der Waals surface area (Å²) in [5, 5.41) is 19.8. The second-order valence-corrected chi connectivity index (χ2v) is 6.87. The average Bonchev–Trinajstić information content (AvgIpc) is 2.60. The molecular weight excluding hydrogens is 326 g/mol. The summed E-state index contributed by atoms with van der Waals surface area (Å²) in [6.45, 7) is 7.80. The molecule has 0 heterocycles. The number of benzene rings is 2. The van der Waals surface area contributed by atoms with Crippen LogP contribution in [-0.4, -0.2) is 33.1 Å². The Kier molecular flexibility index (Phi) is 6.58. The van der Waals surface area contributed by atoms with Crippen molar-refractivity contribution in [3.63, 3.8) is 0 Å². The zero-order chi connectivity index (χ0) is 19.3. The fourth-order valence-corrected chi connectivity index (χ4v) is 3.13. The number of aromatic hydroxyl groups is 1. The van der Waals surface area contributed by atoms with Gasteiger partial charge in [-0.3, -0.25) is 4.79 Å². The minimum atomic E-state index is -0.132. The zero-order valence-electron chi connectivity index (χ0n) is 15.8. The van der Waals surface area contributed by atoms with Crippen molar-refractivity contribution in [1.82, 2.24) is 4.90 Å². The lowest BCUT2D eigenvalue weighted by molar-refractivity contribution is -0.129. The Morgan fingerprint density at radius 2 is 1.65 bits per heavy atom. The van der Waals surface area contributed by atoms with Gasteiger partial charge in [0.05, 0.1) is 6.61 Å². The molecule has 0 saturated heterocycles. The number of carbonyl (C=O) groups excluding carboxylic acids is 1. The standard InChI is InChI=1S/C22H27NO3/c1-15(2)23(16(3)4)22(26)13-19(18-8-6-5-7-9-18)20-12-17(14-24)10-11-21(20)25/h5-13,15-16,24-25H,14H2,1-4H3. The number of aliphatic hydroxyl groups is 1. The topological polar surface area (TPSA) is 60.8 Å². The van der Waals surface area contributed by atoms with Crippen LogP contribution in [0.2, 0.25) is 0 Å². The minimum Gasteiger partial charge on any atom is -0.507 e.